The molecule has 1 N–H and O–H groups in total. The lowest BCUT2D eigenvalue weighted by atomic mass is 10.1. The van der Waals surface area contributed by atoms with Gasteiger partial charge in [-0.1, -0.05) is 12.1 Å². The van der Waals surface area contributed by atoms with E-state index in [0.29, 0.717) is 13.2 Å². The fraction of sp³-hybridized carbons (Fsp3) is 0.286. The van der Waals surface area contributed by atoms with Gasteiger partial charge in [-0.05, 0) is 48.9 Å². The van der Waals surface area contributed by atoms with Crippen molar-refractivity contribution in [2.75, 3.05) is 31.2 Å². The number of morpholine rings is 1. The molecule has 0 spiro atoms. The van der Waals surface area contributed by atoms with Gasteiger partial charge >= 0.3 is 0 Å². The van der Waals surface area contributed by atoms with Crippen LogP contribution in [0.1, 0.15) is 24.1 Å². The average Bonchev–Trinajstić information content (AvgIpc) is 2.69. The number of carbonyl (C=O) groups is 1. The maximum atomic E-state index is 13.6. The van der Waals surface area contributed by atoms with Crippen LogP contribution in [-0.2, 0) is 9.53 Å². The molecule has 2 aromatic carbocycles. The second kappa shape index (κ2) is 8.77. The molecule has 1 aliphatic heterocycles. The van der Waals surface area contributed by atoms with Crippen LogP contribution in [0.2, 0.25) is 0 Å². The van der Waals surface area contributed by atoms with E-state index in [4.69, 9.17) is 4.74 Å². The molecule has 0 unspecified atom stereocenters. The van der Waals surface area contributed by atoms with Crippen LogP contribution in [0.15, 0.2) is 48.5 Å². The number of nitrogens with one attached hydrogen (secondary N) is 1. The van der Waals surface area contributed by atoms with Gasteiger partial charge in [-0.15, -0.1) is 0 Å². The van der Waals surface area contributed by atoms with Crippen molar-refractivity contribution in [2.45, 2.75) is 13.0 Å². The highest BCUT2D eigenvalue weighted by atomic mass is 19.1. The number of rotatable bonds is 5. The lowest BCUT2D eigenvalue weighted by Crippen LogP contribution is -2.36. The van der Waals surface area contributed by atoms with Crippen molar-refractivity contribution in [3.05, 3.63) is 71.3 Å². The summed E-state index contributed by atoms with van der Waals surface area (Å²) in [5, 5.41) is 2.85. The Morgan fingerprint density at radius 3 is 2.74 bits per heavy atom. The Morgan fingerprint density at radius 2 is 1.96 bits per heavy atom. The van der Waals surface area contributed by atoms with Crippen molar-refractivity contribution >= 4 is 17.7 Å². The molecule has 6 heteroatoms. The number of ether oxygens (including phenoxy) is 1. The number of carbonyl (C=O) groups excluding carboxylic acids is 1. The molecule has 1 fully saturated rings. The lowest BCUT2D eigenvalue weighted by Gasteiger charge is -2.29. The molecule has 142 valence electrons. The summed E-state index contributed by atoms with van der Waals surface area (Å²) in [6.45, 7) is 4.97. The maximum Gasteiger partial charge on any atom is 0.244 e. The Labute approximate surface area is 157 Å². The summed E-state index contributed by atoms with van der Waals surface area (Å²) in [6.07, 6.45) is 2.48. The Hall–Kier alpha value is -2.73. The van der Waals surface area contributed by atoms with Crippen molar-refractivity contribution in [3.8, 4) is 0 Å². The molecule has 0 radical (unpaired) electrons. The third-order valence-electron chi connectivity index (χ3n) is 4.48. The fourth-order valence-electron chi connectivity index (χ4n) is 2.97. The minimum atomic E-state index is -0.577. The number of anilines is 1. The first-order chi connectivity index (χ1) is 13.0. The third kappa shape index (κ3) is 5.14. The smallest absolute Gasteiger partial charge is 0.244 e. The maximum absolute atomic E-state index is 13.6. The zero-order valence-electron chi connectivity index (χ0n) is 15.1. The number of amides is 1. The summed E-state index contributed by atoms with van der Waals surface area (Å²) in [7, 11) is 0. The van der Waals surface area contributed by atoms with Gasteiger partial charge in [0.1, 0.15) is 11.6 Å². The minimum absolute atomic E-state index is 0.0344. The molecular formula is C21H22F2N2O2. The monoisotopic (exact) mass is 372 g/mol. The molecule has 1 heterocycles. The zero-order chi connectivity index (χ0) is 19.2. The summed E-state index contributed by atoms with van der Waals surface area (Å²) >= 11 is 0. The first kappa shape index (κ1) is 19.0. The Bertz CT molecular complexity index is 833. The van der Waals surface area contributed by atoms with E-state index < -0.39 is 11.6 Å². The molecule has 0 saturated carbocycles. The van der Waals surface area contributed by atoms with Crippen molar-refractivity contribution in [1.82, 2.24) is 5.32 Å². The minimum Gasteiger partial charge on any atom is -0.378 e. The predicted octanol–water partition coefficient (Wildman–Crippen LogP) is 3.69. The molecule has 4 nitrogen and oxygen atoms in total. The molecule has 0 bridgehead atoms. The van der Waals surface area contributed by atoms with Crippen molar-refractivity contribution < 1.29 is 18.3 Å². The van der Waals surface area contributed by atoms with E-state index in [9.17, 15) is 13.6 Å². The van der Waals surface area contributed by atoms with Gasteiger partial charge in [0.05, 0.1) is 19.3 Å². The van der Waals surface area contributed by atoms with Crippen LogP contribution in [0.3, 0.4) is 0 Å². The number of halogens is 2. The highest BCUT2D eigenvalue weighted by Gasteiger charge is 2.14. The first-order valence-corrected chi connectivity index (χ1v) is 8.89. The lowest BCUT2D eigenvalue weighted by molar-refractivity contribution is -0.117. The summed E-state index contributed by atoms with van der Waals surface area (Å²) < 4.78 is 32.2. The van der Waals surface area contributed by atoms with E-state index in [-0.39, 0.29) is 17.5 Å². The average molecular weight is 372 g/mol. The molecular weight excluding hydrogens is 350 g/mol. The van der Waals surface area contributed by atoms with Crippen LogP contribution >= 0.6 is 0 Å². The van der Waals surface area contributed by atoms with Crippen molar-refractivity contribution in [3.63, 3.8) is 0 Å². The van der Waals surface area contributed by atoms with E-state index >= 15 is 0 Å². The molecule has 3 rings (SSSR count). The van der Waals surface area contributed by atoms with Gasteiger partial charge in [-0.2, -0.15) is 0 Å². The molecule has 1 aliphatic rings. The number of hydrogen-bond donors (Lipinski definition) is 1. The standard InChI is InChI=1S/C21H22F2N2O2/c1-15(16-3-2-4-19(14-16)25-9-11-27-12-10-25)24-21(26)8-5-17-13-18(22)6-7-20(17)23/h2-8,13-15H,9-12H2,1H3,(H,24,26)/t15-/m0/s1. The normalized spacial score (nSPS) is 15.7. The molecule has 1 atom stereocenters. The first-order valence-electron chi connectivity index (χ1n) is 8.89. The Kier molecular flexibility index (Phi) is 6.19. The highest BCUT2D eigenvalue weighted by Crippen LogP contribution is 2.21. The van der Waals surface area contributed by atoms with E-state index in [1.54, 1.807) is 0 Å². The van der Waals surface area contributed by atoms with Crippen LogP contribution in [-0.4, -0.2) is 32.2 Å². The summed E-state index contributed by atoms with van der Waals surface area (Å²) in [5.41, 5.74) is 2.10. The quantitative estimate of drug-likeness (QED) is 0.814. The third-order valence-corrected chi connectivity index (χ3v) is 4.48. The number of hydrogen-bond acceptors (Lipinski definition) is 3. The van der Waals surface area contributed by atoms with Crippen LogP contribution in [0.25, 0.3) is 6.08 Å². The van der Waals surface area contributed by atoms with Gasteiger partial charge < -0.3 is 15.0 Å². The molecule has 0 aliphatic carbocycles. The van der Waals surface area contributed by atoms with E-state index in [1.807, 2.05) is 31.2 Å². The highest BCUT2D eigenvalue weighted by molar-refractivity contribution is 5.92. The van der Waals surface area contributed by atoms with Crippen LogP contribution in [0.4, 0.5) is 14.5 Å². The van der Waals surface area contributed by atoms with Crippen molar-refractivity contribution in [2.24, 2.45) is 0 Å². The van der Waals surface area contributed by atoms with E-state index in [0.717, 1.165) is 42.5 Å². The van der Waals surface area contributed by atoms with Crippen LogP contribution < -0.4 is 10.2 Å². The Balaban J connectivity index is 1.64. The molecule has 2 aromatic rings. The number of nitrogens with zero attached hydrogens (tertiary/aromatic N) is 1. The van der Waals surface area contributed by atoms with E-state index in [2.05, 4.69) is 10.2 Å². The second-order valence-electron chi connectivity index (χ2n) is 6.42. The van der Waals surface area contributed by atoms with E-state index in [1.165, 1.54) is 12.2 Å². The van der Waals surface area contributed by atoms with Gasteiger partial charge in [0.25, 0.3) is 0 Å². The van der Waals surface area contributed by atoms with Gasteiger partial charge in [0.2, 0.25) is 5.91 Å². The fourth-order valence-corrected chi connectivity index (χ4v) is 2.97. The molecule has 1 amide bonds. The van der Waals surface area contributed by atoms with Gasteiger partial charge in [-0.25, -0.2) is 8.78 Å². The van der Waals surface area contributed by atoms with Gasteiger partial charge in [-0.3, -0.25) is 4.79 Å². The largest absolute Gasteiger partial charge is 0.378 e. The topological polar surface area (TPSA) is 41.6 Å². The van der Waals surface area contributed by atoms with Gasteiger partial charge in [0.15, 0.2) is 0 Å². The van der Waals surface area contributed by atoms with Crippen molar-refractivity contribution in [1.29, 1.82) is 0 Å². The summed E-state index contributed by atoms with van der Waals surface area (Å²) in [4.78, 5) is 14.4. The molecule has 1 saturated heterocycles. The SMILES string of the molecule is C[C@H](NC(=O)C=Cc1cc(F)ccc1F)c1cccc(N2CCOCC2)c1. The predicted molar refractivity (Wildman–Crippen MR) is 101 cm³/mol. The number of benzene rings is 2. The molecule has 0 aromatic heterocycles. The Morgan fingerprint density at radius 1 is 1.19 bits per heavy atom. The van der Waals surface area contributed by atoms with Crippen LogP contribution in [0, 0.1) is 11.6 Å². The van der Waals surface area contributed by atoms with Crippen LogP contribution in [0.5, 0.6) is 0 Å². The second-order valence-corrected chi connectivity index (χ2v) is 6.42. The summed E-state index contributed by atoms with van der Waals surface area (Å²) in [6, 6.07) is 10.9. The molecule has 27 heavy (non-hydrogen) atoms. The van der Waals surface area contributed by atoms with Gasteiger partial charge in [0, 0.05) is 30.4 Å². The summed E-state index contributed by atoms with van der Waals surface area (Å²) in [5.74, 6) is -1.50. The zero-order valence-corrected chi connectivity index (χ0v) is 15.1.